The predicted molar refractivity (Wildman–Crippen MR) is 52.5 cm³/mol. The Balaban J connectivity index is 3.07. The summed E-state index contributed by atoms with van der Waals surface area (Å²) in [6, 6.07) is -0.535. The van der Waals surface area contributed by atoms with E-state index in [-0.39, 0.29) is 0 Å². The van der Waals surface area contributed by atoms with Crippen molar-refractivity contribution >= 4 is 43.8 Å². The first-order chi connectivity index (χ1) is 5.80. The van der Waals surface area contributed by atoms with Gasteiger partial charge in [0.25, 0.3) is 5.91 Å². The van der Waals surface area contributed by atoms with Crippen molar-refractivity contribution in [3.63, 3.8) is 0 Å². The number of nitrogens with zero attached hydrogens (tertiary/aromatic N) is 2. The number of carbonyl (C=O) groups excluding carboxylic acids is 2. The molecule has 1 aliphatic rings. The Morgan fingerprint density at radius 3 is 2.31 bits per heavy atom. The van der Waals surface area contributed by atoms with E-state index in [2.05, 4.69) is 31.9 Å². The molecule has 1 atom stereocenters. The number of carbonyl (C=O) groups is 2. The quantitative estimate of drug-likeness (QED) is 0.655. The van der Waals surface area contributed by atoms with Gasteiger partial charge in [-0.2, -0.15) is 0 Å². The monoisotopic (exact) mass is 314 g/mol. The molecule has 0 saturated carbocycles. The van der Waals surface area contributed by atoms with Gasteiger partial charge in [-0.25, -0.2) is 4.79 Å². The van der Waals surface area contributed by atoms with Crippen molar-refractivity contribution in [2.24, 2.45) is 0 Å². The minimum atomic E-state index is -1.31. The van der Waals surface area contributed by atoms with Crippen molar-refractivity contribution in [3.05, 3.63) is 0 Å². The van der Waals surface area contributed by atoms with Crippen molar-refractivity contribution < 1.29 is 14.7 Å². The summed E-state index contributed by atoms with van der Waals surface area (Å²) < 4.78 is -1.31. The molecule has 3 amide bonds. The van der Waals surface area contributed by atoms with Gasteiger partial charge in [-0.05, 0) is 0 Å². The van der Waals surface area contributed by atoms with Crippen LogP contribution >= 0.6 is 31.9 Å². The van der Waals surface area contributed by atoms with Crippen LogP contribution in [-0.4, -0.2) is 50.4 Å². The lowest BCUT2D eigenvalue weighted by molar-refractivity contribution is -0.136. The van der Waals surface area contributed by atoms with Gasteiger partial charge < -0.3 is 5.11 Å². The Kier molecular flexibility index (Phi) is 2.70. The number of aliphatic hydroxyl groups excluding tert-OH is 1. The molecule has 1 unspecified atom stereocenters. The number of alkyl halides is 2. The molecule has 13 heavy (non-hydrogen) atoms. The SMILES string of the molecule is CN1C(=O)N(C)C(O)C(Br)(Br)C1=O. The lowest BCUT2D eigenvalue weighted by atomic mass is 10.2. The molecule has 1 aliphatic heterocycles. The second-order valence-electron chi connectivity index (χ2n) is 2.75. The van der Waals surface area contributed by atoms with E-state index in [0.717, 1.165) is 9.80 Å². The molecule has 5 nitrogen and oxygen atoms in total. The highest BCUT2D eigenvalue weighted by Gasteiger charge is 2.52. The van der Waals surface area contributed by atoms with E-state index in [0.29, 0.717) is 0 Å². The summed E-state index contributed by atoms with van der Waals surface area (Å²) in [7, 11) is 2.76. The molecular formula is C6H8Br2N2O3. The van der Waals surface area contributed by atoms with Gasteiger partial charge >= 0.3 is 6.03 Å². The van der Waals surface area contributed by atoms with Crippen LogP contribution in [0.3, 0.4) is 0 Å². The largest absolute Gasteiger partial charge is 0.370 e. The zero-order chi connectivity index (χ0) is 10.4. The zero-order valence-electron chi connectivity index (χ0n) is 6.99. The van der Waals surface area contributed by atoms with E-state index >= 15 is 0 Å². The third-order valence-electron chi connectivity index (χ3n) is 1.87. The molecule has 1 saturated heterocycles. The second-order valence-corrected chi connectivity index (χ2v) is 6.32. The van der Waals surface area contributed by atoms with Gasteiger partial charge in [-0.3, -0.25) is 14.6 Å². The highest BCUT2D eigenvalue weighted by Crippen LogP contribution is 2.36. The summed E-state index contributed by atoms with van der Waals surface area (Å²) in [5.41, 5.74) is 0. The number of aliphatic hydroxyl groups is 1. The average molecular weight is 316 g/mol. The van der Waals surface area contributed by atoms with Crippen LogP contribution in [0.15, 0.2) is 0 Å². The van der Waals surface area contributed by atoms with Gasteiger partial charge in [-0.15, -0.1) is 0 Å². The molecule has 0 aliphatic carbocycles. The Labute approximate surface area is 91.9 Å². The fourth-order valence-electron chi connectivity index (χ4n) is 1.01. The molecule has 0 bridgehead atoms. The van der Waals surface area contributed by atoms with E-state index in [1.54, 1.807) is 0 Å². The standard InChI is InChI=1S/C6H8Br2N2O3/c1-9-3(11)6(7,8)4(12)10(2)5(9)13/h3,11H,1-2H3. The van der Waals surface area contributed by atoms with Crippen LogP contribution in [0.25, 0.3) is 0 Å². The fraction of sp³-hybridized carbons (Fsp3) is 0.667. The number of urea groups is 1. The van der Waals surface area contributed by atoms with Gasteiger partial charge in [0.1, 0.15) is 0 Å². The van der Waals surface area contributed by atoms with Gasteiger partial charge in [0.2, 0.25) is 3.23 Å². The molecule has 74 valence electrons. The lowest BCUT2D eigenvalue weighted by Crippen LogP contribution is -2.64. The molecule has 1 heterocycles. The Bertz CT molecular complexity index is 269. The summed E-state index contributed by atoms with van der Waals surface area (Å²) in [4.78, 5) is 24.7. The van der Waals surface area contributed by atoms with Crippen molar-refractivity contribution in [2.45, 2.75) is 9.46 Å². The first kappa shape index (κ1) is 10.9. The lowest BCUT2D eigenvalue weighted by Gasteiger charge is -2.40. The molecule has 0 aromatic heterocycles. The third-order valence-corrected chi connectivity index (χ3v) is 3.37. The van der Waals surface area contributed by atoms with Crippen LogP contribution in [0, 0.1) is 0 Å². The summed E-state index contributed by atoms with van der Waals surface area (Å²) >= 11 is 6.03. The minimum absolute atomic E-state index is 0.525. The molecule has 7 heteroatoms. The van der Waals surface area contributed by atoms with Crippen LogP contribution in [0.1, 0.15) is 0 Å². The third kappa shape index (κ3) is 1.49. The van der Waals surface area contributed by atoms with Crippen LogP contribution in [0.5, 0.6) is 0 Å². The summed E-state index contributed by atoms with van der Waals surface area (Å²) in [5, 5.41) is 9.53. The van der Waals surface area contributed by atoms with Crippen LogP contribution in [0.4, 0.5) is 4.79 Å². The van der Waals surface area contributed by atoms with Gasteiger partial charge in [0.05, 0.1) is 0 Å². The second kappa shape index (κ2) is 3.21. The first-order valence-electron chi connectivity index (χ1n) is 3.41. The number of hydrogen-bond donors (Lipinski definition) is 1. The maximum Gasteiger partial charge on any atom is 0.328 e. The van der Waals surface area contributed by atoms with Crippen molar-refractivity contribution in [3.8, 4) is 0 Å². The summed E-state index contributed by atoms with van der Waals surface area (Å²) in [6.07, 6.45) is -1.22. The fourth-order valence-corrected chi connectivity index (χ4v) is 2.15. The maximum absolute atomic E-state index is 11.4. The maximum atomic E-state index is 11.4. The molecule has 1 rings (SSSR count). The number of hydrogen-bond acceptors (Lipinski definition) is 3. The first-order valence-corrected chi connectivity index (χ1v) is 4.99. The Morgan fingerprint density at radius 2 is 1.85 bits per heavy atom. The molecule has 0 spiro atoms. The van der Waals surface area contributed by atoms with E-state index < -0.39 is 21.4 Å². The number of imide groups is 1. The number of rotatable bonds is 0. The number of amides is 3. The Hall–Kier alpha value is -0.140. The van der Waals surface area contributed by atoms with E-state index in [1.165, 1.54) is 14.1 Å². The van der Waals surface area contributed by atoms with Crippen LogP contribution < -0.4 is 0 Å². The normalized spacial score (nSPS) is 28.2. The van der Waals surface area contributed by atoms with Gasteiger partial charge in [0, 0.05) is 14.1 Å². The number of halogens is 2. The molecule has 0 radical (unpaired) electrons. The molecule has 0 aromatic rings. The van der Waals surface area contributed by atoms with E-state index in [9.17, 15) is 14.7 Å². The predicted octanol–water partition coefficient (Wildman–Crippen LogP) is 0.315. The highest BCUT2D eigenvalue weighted by molar-refractivity contribution is 9.26. The van der Waals surface area contributed by atoms with Gasteiger partial charge in [0.15, 0.2) is 6.23 Å². The topological polar surface area (TPSA) is 60.9 Å². The van der Waals surface area contributed by atoms with Crippen molar-refractivity contribution in [1.82, 2.24) is 9.80 Å². The van der Waals surface area contributed by atoms with Crippen LogP contribution in [-0.2, 0) is 4.79 Å². The van der Waals surface area contributed by atoms with E-state index in [1.807, 2.05) is 0 Å². The van der Waals surface area contributed by atoms with Crippen molar-refractivity contribution in [1.29, 1.82) is 0 Å². The Morgan fingerprint density at radius 1 is 1.38 bits per heavy atom. The average Bonchev–Trinajstić information content (AvgIpc) is 2.09. The van der Waals surface area contributed by atoms with E-state index in [4.69, 9.17) is 0 Å². The van der Waals surface area contributed by atoms with Gasteiger partial charge in [-0.1, -0.05) is 31.9 Å². The molecule has 1 fully saturated rings. The van der Waals surface area contributed by atoms with Crippen LogP contribution in [0.2, 0.25) is 0 Å². The van der Waals surface area contributed by atoms with Crippen molar-refractivity contribution in [2.75, 3.05) is 14.1 Å². The summed E-state index contributed by atoms with van der Waals surface area (Å²) in [5.74, 6) is -0.525. The smallest absolute Gasteiger partial charge is 0.328 e. The zero-order valence-corrected chi connectivity index (χ0v) is 10.2. The summed E-state index contributed by atoms with van der Waals surface area (Å²) in [6.45, 7) is 0. The minimum Gasteiger partial charge on any atom is -0.370 e. The highest BCUT2D eigenvalue weighted by atomic mass is 79.9. The molecule has 0 aromatic carbocycles. The molecule has 1 N–H and O–H groups in total. The molecular weight excluding hydrogens is 308 g/mol.